The Morgan fingerprint density at radius 3 is 3.07 bits per heavy atom. The molecule has 1 aromatic rings. The standard InChI is InChI=1S/C8H12N2O2S2/c11-14(12,8-10-4-5-13-8)6-7-2-1-3-9-7/h4-5,7,9H,1-3,6H2. The van der Waals surface area contributed by atoms with E-state index in [-0.39, 0.29) is 16.1 Å². The second-order valence-corrected chi connectivity index (χ2v) is 6.48. The van der Waals surface area contributed by atoms with Gasteiger partial charge >= 0.3 is 0 Å². The normalized spacial score (nSPS) is 22.7. The van der Waals surface area contributed by atoms with Crippen molar-refractivity contribution in [3.8, 4) is 0 Å². The highest BCUT2D eigenvalue weighted by molar-refractivity contribution is 7.93. The maximum absolute atomic E-state index is 11.8. The van der Waals surface area contributed by atoms with Crippen molar-refractivity contribution in [2.75, 3.05) is 12.3 Å². The van der Waals surface area contributed by atoms with E-state index in [2.05, 4.69) is 10.3 Å². The average molecular weight is 232 g/mol. The lowest BCUT2D eigenvalue weighted by molar-refractivity contribution is 0.576. The molecule has 14 heavy (non-hydrogen) atoms. The van der Waals surface area contributed by atoms with Gasteiger partial charge in [0.2, 0.25) is 14.2 Å². The topological polar surface area (TPSA) is 59.1 Å². The summed E-state index contributed by atoms with van der Waals surface area (Å²) in [6.45, 7) is 0.929. The second kappa shape index (κ2) is 3.96. The first kappa shape index (κ1) is 10.1. The van der Waals surface area contributed by atoms with Gasteiger partial charge in [-0.25, -0.2) is 13.4 Å². The zero-order valence-corrected chi connectivity index (χ0v) is 9.27. The van der Waals surface area contributed by atoms with Crippen LogP contribution in [0.2, 0.25) is 0 Å². The Labute approximate surface area is 87.3 Å². The van der Waals surface area contributed by atoms with Crippen LogP contribution in [-0.4, -0.2) is 31.7 Å². The molecule has 1 fully saturated rings. The predicted molar refractivity (Wildman–Crippen MR) is 55.2 cm³/mol. The van der Waals surface area contributed by atoms with Crippen molar-refractivity contribution in [1.29, 1.82) is 0 Å². The monoisotopic (exact) mass is 232 g/mol. The van der Waals surface area contributed by atoms with Gasteiger partial charge in [0.25, 0.3) is 0 Å². The molecule has 1 aliphatic heterocycles. The lowest BCUT2D eigenvalue weighted by Crippen LogP contribution is -2.29. The smallest absolute Gasteiger partial charge is 0.209 e. The molecule has 0 aliphatic carbocycles. The van der Waals surface area contributed by atoms with Crippen LogP contribution in [0.25, 0.3) is 0 Å². The third kappa shape index (κ3) is 2.13. The fourth-order valence-corrected chi connectivity index (χ4v) is 4.09. The minimum Gasteiger partial charge on any atom is -0.313 e. The second-order valence-electron chi connectivity index (χ2n) is 3.37. The molecular formula is C8H12N2O2S2. The van der Waals surface area contributed by atoms with E-state index in [1.54, 1.807) is 5.38 Å². The van der Waals surface area contributed by atoms with Gasteiger partial charge in [-0.15, -0.1) is 11.3 Å². The molecule has 2 rings (SSSR count). The van der Waals surface area contributed by atoms with Gasteiger partial charge in [-0.2, -0.15) is 0 Å². The molecule has 6 heteroatoms. The first-order chi connectivity index (χ1) is 6.68. The number of hydrogen-bond acceptors (Lipinski definition) is 5. The summed E-state index contributed by atoms with van der Waals surface area (Å²) < 4.78 is 23.8. The van der Waals surface area contributed by atoms with Crippen molar-refractivity contribution in [1.82, 2.24) is 10.3 Å². The van der Waals surface area contributed by atoms with Gasteiger partial charge in [0.15, 0.2) is 0 Å². The number of nitrogens with zero attached hydrogens (tertiary/aromatic N) is 1. The van der Waals surface area contributed by atoms with Gasteiger partial charge in [0.1, 0.15) is 0 Å². The minimum absolute atomic E-state index is 0.115. The van der Waals surface area contributed by atoms with Crippen molar-refractivity contribution < 1.29 is 8.42 Å². The summed E-state index contributed by atoms with van der Waals surface area (Å²) in [4.78, 5) is 3.83. The highest BCUT2D eigenvalue weighted by atomic mass is 32.2. The van der Waals surface area contributed by atoms with E-state index in [0.717, 1.165) is 19.4 Å². The molecule has 0 aromatic carbocycles. The number of aromatic nitrogens is 1. The van der Waals surface area contributed by atoms with Crippen molar-refractivity contribution in [3.05, 3.63) is 11.6 Å². The molecule has 78 valence electrons. The SMILES string of the molecule is O=S(=O)(CC1CCCN1)c1nccs1. The molecule has 0 amide bonds. The molecule has 4 nitrogen and oxygen atoms in total. The van der Waals surface area contributed by atoms with E-state index >= 15 is 0 Å². The van der Waals surface area contributed by atoms with Gasteiger partial charge in [-0.3, -0.25) is 0 Å². The lowest BCUT2D eigenvalue weighted by Gasteiger charge is -2.08. The van der Waals surface area contributed by atoms with Crippen LogP contribution >= 0.6 is 11.3 Å². The van der Waals surface area contributed by atoms with Crippen molar-refractivity contribution in [2.24, 2.45) is 0 Å². The molecular weight excluding hydrogens is 220 g/mol. The average Bonchev–Trinajstić information content (AvgIpc) is 2.71. The van der Waals surface area contributed by atoms with Gasteiger partial charge in [0.05, 0.1) is 5.75 Å². The Balaban J connectivity index is 2.09. The Kier molecular flexibility index (Phi) is 2.85. The predicted octanol–water partition coefficient (Wildman–Crippen LogP) is 0.669. The van der Waals surface area contributed by atoms with Gasteiger partial charge < -0.3 is 5.32 Å². The molecule has 0 saturated carbocycles. The summed E-state index contributed by atoms with van der Waals surface area (Å²) in [6.07, 6.45) is 3.54. The largest absolute Gasteiger partial charge is 0.313 e. The van der Waals surface area contributed by atoms with Crippen molar-refractivity contribution in [2.45, 2.75) is 23.2 Å². The molecule has 0 bridgehead atoms. The number of hydrogen-bond donors (Lipinski definition) is 1. The molecule has 1 atom stereocenters. The maximum Gasteiger partial charge on any atom is 0.209 e. The Hall–Kier alpha value is -0.460. The highest BCUT2D eigenvalue weighted by Crippen LogP contribution is 2.17. The number of thiazole rings is 1. The summed E-state index contributed by atoms with van der Waals surface area (Å²) >= 11 is 1.19. The molecule has 1 saturated heterocycles. The molecule has 1 unspecified atom stereocenters. The molecule has 0 spiro atoms. The number of nitrogens with one attached hydrogen (secondary N) is 1. The molecule has 2 heterocycles. The van der Waals surface area contributed by atoms with E-state index in [1.807, 2.05) is 0 Å². The summed E-state index contributed by atoms with van der Waals surface area (Å²) in [7, 11) is -3.16. The van der Waals surface area contributed by atoms with Crippen molar-refractivity contribution >= 4 is 21.2 Å². The lowest BCUT2D eigenvalue weighted by atomic mass is 10.3. The van der Waals surface area contributed by atoms with Gasteiger partial charge in [-0.1, -0.05) is 0 Å². The summed E-state index contributed by atoms with van der Waals surface area (Å²) in [5.74, 6) is 0.181. The van der Waals surface area contributed by atoms with Gasteiger partial charge in [0, 0.05) is 17.6 Å². The van der Waals surface area contributed by atoms with E-state index in [9.17, 15) is 8.42 Å². The van der Waals surface area contributed by atoms with E-state index in [1.165, 1.54) is 17.5 Å². The van der Waals surface area contributed by atoms with Crippen LogP contribution in [0.15, 0.2) is 15.9 Å². The van der Waals surface area contributed by atoms with E-state index in [4.69, 9.17) is 0 Å². The van der Waals surface area contributed by atoms with E-state index < -0.39 is 9.84 Å². The summed E-state index contributed by atoms with van der Waals surface area (Å²) in [5.41, 5.74) is 0. The van der Waals surface area contributed by atoms with Crippen LogP contribution in [0.3, 0.4) is 0 Å². The third-order valence-electron chi connectivity index (χ3n) is 2.26. The van der Waals surface area contributed by atoms with Crippen LogP contribution < -0.4 is 5.32 Å². The zero-order chi connectivity index (χ0) is 10.0. The van der Waals surface area contributed by atoms with E-state index in [0.29, 0.717) is 0 Å². The van der Waals surface area contributed by atoms with Gasteiger partial charge in [-0.05, 0) is 19.4 Å². The van der Waals surface area contributed by atoms with Crippen LogP contribution in [0.5, 0.6) is 0 Å². The Morgan fingerprint density at radius 2 is 2.50 bits per heavy atom. The number of sulfone groups is 1. The summed E-state index contributed by atoms with van der Waals surface area (Å²) in [5, 5.41) is 4.86. The van der Waals surface area contributed by atoms with Crippen LogP contribution in [0.1, 0.15) is 12.8 Å². The molecule has 1 N–H and O–H groups in total. The molecule has 1 aromatic heterocycles. The highest BCUT2D eigenvalue weighted by Gasteiger charge is 2.25. The first-order valence-electron chi connectivity index (χ1n) is 4.54. The minimum atomic E-state index is -3.16. The quantitative estimate of drug-likeness (QED) is 0.832. The Bertz CT molecular complexity index is 379. The first-order valence-corrected chi connectivity index (χ1v) is 7.07. The van der Waals surface area contributed by atoms with Crippen molar-refractivity contribution in [3.63, 3.8) is 0 Å². The number of rotatable bonds is 3. The molecule has 0 radical (unpaired) electrons. The summed E-state index contributed by atoms with van der Waals surface area (Å²) in [6, 6.07) is 0.115. The Morgan fingerprint density at radius 1 is 1.64 bits per heavy atom. The maximum atomic E-state index is 11.8. The fourth-order valence-electron chi connectivity index (χ4n) is 1.60. The van der Waals surface area contributed by atoms with Crippen LogP contribution in [-0.2, 0) is 9.84 Å². The zero-order valence-electron chi connectivity index (χ0n) is 7.64. The van der Waals surface area contributed by atoms with Crippen LogP contribution in [0.4, 0.5) is 0 Å². The van der Waals surface area contributed by atoms with Crippen LogP contribution in [0, 0.1) is 0 Å². The fraction of sp³-hybridized carbons (Fsp3) is 0.625. The third-order valence-corrected chi connectivity index (χ3v) is 5.35. The molecule has 1 aliphatic rings.